The van der Waals surface area contributed by atoms with Crippen molar-refractivity contribution in [1.82, 2.24) is 0 Å². The van der Waals surface area contributed by atoms with Gasteiger partial charge >= 0.3 is 5.97 Å². The van der Waals surface area contributed by atoms with E-state index >= 15 is 0 Å². The Morgan fingerprint density at radius 3 is 2.13 bits per heavy atom. The molecule has 1 saturated carbocycles. The van der Waals surface area contributed by atoms with Crippen molar-refractivity contribution in [2.45, 2.75) is 96.8 Å². The van der Waals surface area contributed by atoms with Gasteiger partial charge in [0, 0.05) is 0 Å². The summed E-state index contributed by atoms with van der Waals surface area (Å²) in [6.07, 6.45) is 15.8. The molecule has 3 rings (SSSR count). The molecule has 2 aromatic carbocycles. The minimum absolute atomic E-state index is 0.276. The van der Waals surface area contributed by atoms with Gasteiger partial charge in [-0.15, -0.1) is 0 Å². The van der Waals surface area contributed by atoms with E-state index in [4.69, 9.17) is 4.74 Å². The summed E-state index contributed by atoms with van der Waals surface area (Å²) in [5.41, 5.74) is 3.28. The summed E-state index contributed by atoms with van der Waals surface area (Å²) in [6, 6.07) is 16.0. The highest BCUT2D eigenvalue weighted by atomic mass is 16.5. The first-order valence-electron chi connectivity index (χ1n) is 12.6. The van der Waals surface area contributed by atoms with Crippen LogP contribution >= 0.6 is 0 Å². The van der Waals surface area contributed by atoms with Crippen molar-refractivity contribution in [2.24, 2.45) is 5.92 Å². The predicted octanol–water partition coefficient (Wildman–Crippen LogP) is 8.49. The third-order valence-corrected chi connectivity index (χ3v) is 6.85. The first-order valence-corrected chi connectivity index (χ1v) is 12.6. The number of benzene rings is 2. The van der Waals surface area contributed by atoms with Crippen LogP contribution in [0.5, 0.6) is 5.75 Å². The van der Waals surface area contributed by atoms with Gasteiger partial charge in [-0.05, 0) is 79.3 Å². The maximum Gasteiger partial charge on any atom is 0.343 e. The predicted molar refractivity (Wildman–Crippen MR) is 130 cm³/mol. The molecule has 1 aliphatic rings. The smallest absolute Gasteiger partial charge is 0.343 e. The largest absolute Gasteiger partial charge is 0.423 e. The monoisotopic (exact) mass is 420 g/mol. The molecule has 0 aromatic heterocycles. The second kappa shape index (κ2) is 12.7. The molecule has 2 heteroatoms. The summed E-state index contributed by atoms with van der Waals surface area (Å²) in [4.78, 5) is 12.5. The van der Waals surface area contributed by atoms with E-state index in [-0.39, 0.29) is 5.97 Å². The lowest BCUT2D eigenvalue weighted by Crippen LogP contribution is -2.14. The van der Waals surface area contributed by atoms with Crippen molar-refractivity contribution in [3.63, 3.8) is 0 Å². The standard InChI is InChI=1S/C29H40O2/c1-3-5-6-7-8-10-24-11-15-25(16-12-24)26-17-19-27(20-18-26)29(30)31-28-21-13-23(9-4-2)14-22-28/h13-14,17-22,24-25H,3-12,15-16H2,1-2H3. The van der Waals surface area contributed by atoms with Crippen molar-refractivity contribution >= 4 is 5.97 Å². The molecule has 0 bridgehead atoms. The fourth-order valence-electron chi connectivity index (χ4n) is 4.89. The van der Waals surface area contributed by atoms with Crippen LogP contribution in [0.3, 0.4) is 0 Å². The van der Waals surface area contributed by atoms with Gasteiger partial charge in [0.05, 0.1) is 5.56 Å². The molecule has 31 heavy (non-hydrogen) atoms. The lowest BCUT2D eigenvalue weighted by Gasteiger charge is -2.29. The fraction of sp³-hybridized carbons (Fsp3) is 0.552. The van der Waals surface area contributed by atoms with E-state index in [2.05, 4.69) is 26.0 Å². The Morgan fingerprint density at radius 2 is 1.48 bits per heavy atom. The topological polar surface area (TPSA) is 26.3 Å². The van der Waals surface area contributed by atoms with Gasteiger partial charge in [0.25, 0.3) is 0 Å². The highest BCUT2D eigenvalue weighted by molar-refractivity contribution is 5.91. The lowest BCUT2D eigenvalue weighted by atomic mass is 9.77. The number of esters is 1. The molecule has 0 radical (unpaired) electrons. The van der Waals surface area contributed by atoms with E-state index in [0.29, 0.717) is 17.2 Å². The van der Waals surface area contributed by atoms with Crippen LogP contribution in [0.25, 0.3) is 0 Å². The molecule has 1 fully saturated rings. The molecule has 2 nitrogen and oxygen atoms in total. The van der Waals surface area contributed by atoms with E-state index in [9.17, 15) is 4.79 Å². The number of ether oxygens (including phenoxy) is 1. The average Bonchev–Trinajstić information content (AvgIpc) is 2.81. The van der Waals surface area contributed by atoms with Crippen LogP contribution in [0.2, 0.25) is 0 Å². The van der Waals surface area contributed by atoms with Gasteiger partial charge < -0.3 is 4.74 Å². The van der Waals surface area contributed by atoms with Gasteiger partial charge in [0.1, 0.15) is 5.75 Å². The summed E-state index contributed by atoms with van der Waals surface area (Å²) in [5.74, 6) is 1.91. The Morgan fingerprint density at radius 1 is 0.806 bits per heavy atom. The summed E-state index contributed by atoms with van der Waals surface area (Å²) >= 11 is 0. The van der Waals surface area contributed by atoms with Crippen molar-refractivity contribution < 1.29 is 9.53 Å². The fourth-order valence-corrected chi connectivity index (χ4v) is 4.89. The molecule has 0 saturated heterocycles. The van der Waals surface area contributed by atoms with Crippen molar-refractivity contribution in [3.05, 3.63) is 65.2 Å². The maximum atomic E-state index is 12.5. The van der Waals surface area contributed by atoms with Crippen LogP contribution in [0.4, 0.5) is 0 Å². The Bertz CT molecular complexity index is 767. The number of carbonyl (C=O) groups is 1. The summed E-state index contributed by atoms with van der Waals surface area (Å²) in [6.45, 7) is 4.45. The van der Waals surface area contributed by atoms with Crippen LogP contribution in [0.1, 0.15) is 112 Å². The molecule has 0 N–H and O–H groups in total. The van der Waals surface area contributed by atoms with E-state index in [1.54, 1.807) is 0 Å². The Hall–Kier alpha value is -2.09. The molecule has 0 heterocycles. The zero-order valence-electron chi connectivity index (χ0n) is 19.6. The zero-order chi connectivity index (χ0) is 21.9. The van der Waals surface area contributed by atoms with Crippen molar-refractivity contribution in [1.29, 1.82) is 0 Å². The number of rotatable bonds is 11. The number of hydrogen-bond acceptors (Lipinski definition) is 2. The number of unbranched alkanes of at least 4 members (excludes halogenated alkanes) is 4. The van der Waals surface area contributed by atoms with E-state index in [1.807, 2.05) is 36.4 Å². The van der Waals surface area contributed by atoms with Crippen LogP contribution in [-0.2, 0) is 6.42 Å². The molecular formula is C29H40O2. The summed E-state index contributed by atoms with van der Waals surface area (Å²) < 4.78 is 5.56. The highest BCUT2D eigenvalue weighted by Crippen LogP contribution is 2.37. The average molecular weight is 421 g/mol. The highest BCUT2D eigenvalue weighted by Gasteiger charge is 2.22. The van der Waals surface area contributed by atoms with E-state index in [0.717, 1.165) is 18.8 Å². The molecule has 0 spiro atoms. The molecule has 2 aromatic rings. The first-order chi connectivity index (χ1) is 15.2. The van der Waals surface area contributed by atoms with Gasteiger partial charge in [0.2, 0.25) is 0 Å². The number of aryl methyl sites for hydroxylation is 1. The molecule has 168 valence electrons. The third kappa shape index (κ3) is 7.52. The molecule has 0 amide bonds. The van der Waals surface area contributed by atoms with Crippen LogP contribution in [0.15, 0.2) is 48.5 Å². The van der Waals surface area contributed by atoms with Gasteiger partial charge in [-0.2, -0.15) is 0 Å². The molecule has 0 aliphatic heterocycles. The second-order valence-corrected chi connectivity index (χ2v) is 9.33. The normalized spacial score (nSPS) is 18.6. The van der Waals surface area contributed by atoms with Gasteiger partial charge in [-0.3, -0.25) is 0 Å². The van der Waals surface area contributed by atoms with Gasteiger partial charge in [0.15, 0.2) is 0 Å². The maximum absolute atomic E-state index is 12.5. The van der Waals surface area contributed by atoms with Crippen LogP contribution in [-0.4, -0.2) is 5.97 Å². The van der Waals surface area contributed by atoms with E-state index in [1.165, 1.54) is 75.3 Å². The van der Waals surface area contributed by atoms with Crippen molar-refractivity contribution in [2.75, 3.05) is 0 Å². The Labute approximate surface area is 189 Å². The zero-order valence-corrected chi connectivity index (χ0v) is 19.6. The molecule has 0 atom stereocenters. The Kier molecular flexibility index (Phi) is 9.65. The summed E-state index contributed by atoms with van der Waals surface area (Å²) in [7, 11) is 0. The second-order valence-electron chi connectivity index (χ2n) is 9.33. The molecule has 1 aliphatic carbocycles. The minimum atomic E-state index is -0.276. The first kappa shape index (κ1) is 23.6. The van der Waals surface area contributed by atoms with Crippen LogP contribution < -0.4 is 4.74 Å². The van der Waals surface area contributed by atoms with E-state index < -0.39 is 0 Å². The molecular weight excluding hydrogens is 380 g/mol. The SMILES string of the molecule is CCCCCCCC1CCC(c2ccc(C(=O)Oc3ccc(CCC)cc3)cc2)CC1. The summed E-state index contributed by atoms with van der Waals surface area (Å²) in [5, 5.41) is 0. The van der Waals surface area contributed by atoms with Gasteiger partial charge in [-0.25, -0.2) is 4.79 Å². The van der Waals surface area contributed by atoms with Gasteiger partial charge in [-0.1, -0.05) is 83.1 Å². The minimum Gasteiger partial charge on any atom is -0.423 e. The quantitative estimate of drug-likeness (QED) is 0.207. The number of hydrogen-bond donors (Lipinski definition) is 0. The van der Waals surface area contributed by atoms with Crippen LogP contribution in [0, 0.1) is 5.92 Å². The van der Waals surface area contributed by atoms with Crippen molar-refractivity contribution in [3.8, 4) is 5.75 Å². The molecule has 0 unspecified atom stereocenters. The number of carbonyl (C=O) groups excluding carboxylic acids is 1. The third-order valence-electron chi connectivity index (χ3n) is 6.85. The Balaban J connectivity index is 1.44. The lowest BCUT2D eigenvalue weighted by molar-refractivity contribution is 0.0734.